The van der Waals surface area contributed by atoms with Crippen LogP contribution in [0.25, 0.3) is 11.3 Å². The lowest BCUT2D eigenvalue weighted by atomic mass is 9.91. The Bertz CT molecular complexity index is 812. The van der Waals surface area contributed by atoms with Gasteiger partial charge in [-0.25, -0.2) is 0 Å². The fraction of sp³-hybridized carbons (Fsp3) is 0.450. The first-order chi connectivity index (χ1) is 12.4. The Kier molecular flexibility index (Phi) is 5.11. The van der Waals surface area contributed by atoms with E-state index in [2.05, 4.69) is 29.4 Å². The van der Waals surface area contributed by atoms with E-state index in [9.17, 15) is 9.59 Å². The summed E-state index contributed by atoms with van der Waals surface area (Å²) in [6.07, 6.45) is 1.59. The summed E-state index contributed by atoms with van der Waals surface area (Å²) < 4.78 is 0. The molecule has 6 heteroatoms. The normalized spacial score (nSPS) is 19.8. The molecule has 0 aliphatic carbocycles. The summed E-state index contributed by atoms with van der Waals surface area (Å²) in [5.74, 6) is 0.523. The molecule has 1 aromatic heterocycles. The van der Waals surface area contributed by atoms with Gasteiger partial charge < -0.3 is 10.2 Å². The Balaban J connectivity index is 1.85. The molecule has 2 atom stereocenters. The Morgan fingerprint density at radius 1 is 1.31 bits per heavy atom. The van der Waals surface area contributed by atoms with E-state index in [1.54, 1.807) is 6.20 Å². The predicted octanol–water partition coefficient (Wildman–Crippen LogP) is 2.62. The molecule has 1 fully saturated rings. The molecular formula is C20H26N4O2. The lowest BCUT2D eigenvalue weighted by Gasteiger charge is -2.21. The van der Waals surface area contributed by atoms with Crippen molar-refractivity contribution in [2.24, 2.45) is 11.8 Å². The van der Waals surface area contributed by atoms with Gasteiger partial charge in [0, 0.05) is 31.5 Å². The molecule has 1 aromatic carbocycles. The summed E-state index contributed by atoms with van der Waals surface area (Å²) in [7, 11) is 0. The number of nitrogens with one attached hydrogen (secondary N) is 2. The van der Waals surface area contributed by atoms with E-state index < -0.39 is 0 Å². The maximum atomic E-state index is 13.1. The molecule has 138 valence electrons. The third kappa shape index (κ3) is 3.64. The van der Waals surface area contributed by atoms with E-state index >= 15 is 0 Å². The van der Waals surface area contributed by atoms with Crippen molar-refractivity contribution in [3.8, 4) is 11.3 Å². The highest BCUT2D eigenvalue weighted by atomic mass is 16.2. The first-order valence-corrected chi connectivity index (χ1v) is 9.03. The summed E-state index contributed by atoms with van der Waals surface area (Å²) in [5.41, 5.74) is 3.38. The minimum absolute atomic E-state index is 0.00855. The van der Waals surface area contributed by atoms with Crippen LogP contribution in [0.5, 0.6) is 0 Å². The van der Waals surface area contributed by atoms with Gasteiger partial charge in [0.2, 0.25) is 5.91 Å². The zero-order chi connectivity index (χ0) is 18.8. The molecule has 1 aliphatic rings. The van der Waals surface area contributed by atoms with E-state index in [1.807, 2.05) is 36.1 Å². The van der Waals surface area contributed by atoms with Crippen LogP contribution >= 0.6 is 0 Å². The first kappa shape index (κ1) is 18.2. The standard InChI is InChI=1S/C20H26N4O2/c1-12(2)17-10-24(11-18(17)22-14(4)25)20(26)16-9-21-23-19(16)15-7-5-6-13(3)8-15/h5-9,12,17-18H,10-11H2,1-4H3,(H,21,23)(H,22,25)/t17-,18+/m0/s1. The van der Waals surface area contributed by atoms with Gasteiger partial charge in [-0.1, -0.05) is 37.6 Å². The highest BCUT2D eigenvalue weighted by molar-refractivity contribution is 6.00. The summed E-state index contributed by atoms with van der Waals surface area (Å²) in [5, 5.41) is 10.1. The largest absolute Gasteiger partial charge is 0.351 e. The van der Waals surface area contributed by atoms with Crippen molar-refractivity contribution in [3.05, 3.63) is 41.6 Å². The molecule has 2 N–H and O–H groups in total. The number of nitrogens with zero attached hydrogens (tertiary/aromatic N) is 2. The molecule has 26 heavy (non-hydrogen) atoms. The number of hydrogen-bond donors (Lipinski definition) is 2. The van der Waals surface area contributed by atoms with Crippen molar-refractivity contribution in [1.29, 1.82) is 0 Å². The number of likely N-dealkylation sites (tertiary alicyclic amines) is 1. The molecule has 6 nitrogen and oxygen atoms in total. The van der Waals surface area contributed by atoms with E-state index in [0.29, 0.717) is 24.6 Å². The fourth-order valence-corrected chi connectivity index (χ4v) is 3.72. The highest BCUT2D eigenvalue weighted by Gasteiger charge is 2.38. The van der Waals surface area contributed by atoms with Crippen LogP contribution in [-0.4, -0.2) is 46.0 Å². The van der Waals surface area contributed by atoms with Gasteiger partial charge in [-0.15, -0.1) is 0 Å². The van der Waals surface area contributed by atoms with Crippen LogP contribution in [0.4, 0.5) is 0 Å². The lowest BCUT2D eigenvalue weighted by molar-refractivity contribution is -0.119. The SMILES string of the molecule is CC(=O)N[C@@H]1CN(C(=O)c2cn[nH]c2-c2cccc(C)c2)C[C@H]1C(C)C. The molecule has 0 bridgehead atoms. The van der Waals surface area contributed by atoms with Crippen LogP contribution in [0.15, 0.2) is 30.5 Å². The lowest BCUT2D eigenvalue weighted by Crippen LogP contribution is -2.41. The van der Waals surface area contributed by atoms with Gasteiger partial charge in [0.25, 0.3) is 5.91 Å². The van der Waals surface area contributed by atoms with Crippen LogP contribution in [0.3, 0.4) is 0 Å². The number of benzene rings is 1. The van der Waals surface area contributed by atoms with Gasteiger partial charge in [-0.05, 0) is 18.9 Å². The maximum absolute atomic E-state index is 13.1. The number of amides is 2. The molecule has 3 rings (SSSR count). The summed E-state index contributed by atoms with van der Waals surface area (Å²) in [6, 6.07) is 7.99. The van der Waals surface area contributed by atoms with E-state index in [4.69, 9.17) is 0 Å². The van der Waals surface area contributed by atoms with Gasteiger partial charge in [0.1, 0.15) is 0 Å². The molecular weight excluding hydrogens is 328 g/mol. The van der Waals surface area contributed by atoms with Gasteiger partial charge in [-0.2, -0.15) is 5.10 Å². The summed E-state index contributed by atoms with van der Waals surface area (Å²) in [4.78, 5) is 26.5. The van der Waals surface area contributed by atoms with E-state index in [1.165, 1.54) is 6.92 Å². The Morgan fingerprint density at radius 3 is 2.73 bits per heavy atom. The van der Waals surface area contributed by atoms with Crippen molar-refractivity contribution >= 4 is 11.8 Å². The number of rotatable bonds is 4. The van der Waals surface area contributed by atoms with Crippen LogP contribution in [0.2, 0.25) is 0 Å². The molecule has 0 spiro atoms. The van der Waals surface area contributed by atoms with Crippen LogP contribution < -0.4 is 5.32 Å². The Hall–Kier alpha value is -2.63. The second-order valence-electron chi connectivity index (χ2n) is 7.45. The molecule has 0 radical (unpaired) electrons. The smallest absolute Gasteiger partial charge is 0.257 e. The van der Waals surface area contributed by atoms with Crippen LogP contribution in [0, 0.1) is 18.8 Å². The number of aromatic nitrogens is 2. The van der Waals surface area contributed by atoms with Crippen LogP contribution in [-0.2, 0) is 4.79 Å². The van der Waals surface area contributed by atoms with E-state index in [0.717, 1.165) is 16.8 Å². The number of H-pyrrole nitrogens is 1. The number of carbonyl (C=O) groups excluding carboxylic acids is 2. The predicted molar refractivity (Wildman–Crippen MR) is 101 cm³/mol. The summed E-state index contributed by atoms with van der Waals surface area (Å²) in [6.45, 7) is 8.97. The van der Waals surface area contributed by atoms with Gasteiger partial charge in [0.05, 0.1) is 23.5 Å². The van der Waals surface area contributed by atoms with Crippen molar-refractivity contribution in [2.75, 3.05) is 13.1 Å². The number of hydrogen-bond acceptors (Lipinski definition) is 3. The van der Waals surface area contributed by atoms with Gasteiger partial charge >= 0.3 is 0 Å². The minimum atomic E-state index is -0.0568. The summed E-state index contributed by atoms with van der Waals surface area (Å²) >= 11 is 0. The average Bonchev–Trinajstić information content (AvgIpc) is 3.20. The maximum Gasteiger partial charge on any atom is 0.257 e. The number of carbonyl (C=O) groups is 2. The zero-order valence-corrected chi connectivity index (χ0v) is 15.7. The fourth-order valence-electron chi connectivity index (χ4n) is 3.72. The molecule has 1 saturated heterocycles. The quantitative estimate of drug-likeness (QED) is 0.886. The molecule has 1 aliphatic heterocycles. The second-order valence-corrected chi connectivity index (χ2v) is 7.45. The Morgan fingerprint density at radius 2 is 2.08 bits per heavy atom. The van der Waals surface area contributed by atoms with Crippen molar-refractivity contribution in [2.45, 2.75) is 33.7 Å². The van der Waals surface area contributed by atoms with Gasteiger partial charge in [-0.3, -0.25) is 14.7 Å². The molecule has 2 heterocycles. The third-order valence-electron chi connectivity index (χ3n) is 5.07. The second kappa shape index (κ2) is 7.32. The first-order valence-electron chi connectivity index (χ1n) is 9.03. The molecule has 2 amide bonds. The number of aryl methyl sites for hydroxylation is 1. The Labute approximate surface area is 154 Å². The monoisotopic (exact) mass is 354 g/mol. The highest BCUT2D eigenvalue weighted by Crippen LogP contribution is 2.28. The van der Waals surface area contributed by atoms with E-state index in [-0.39, 0.29) is 23.8 Å². The third-order valence-corrected chi connectivity index (χ3v) is 5.07. The van der Waals surface area contributed by atoms with Crippen LogP contribution in [0.1, 0.15) is 36.7 Å². The minimum Gasteiger partial charge on any atom is -0.351 e. The topological polar surface area (TPSA) is 78.1 Å². The molecule has 2 aromatic rings. The van der Waals surface area contributed by atoms with Gasteiger partial charge in [0.15, 0.2) is 0 Å². The van der Waals surface area contributed by atoms with Crippen molar-refractivity contribution in [1.82, 2.24) is 20.4 Å². The molecule has 0 saturated carbocycles. The number of aromatic amines is 1. The van der Waals surface area contributed by atoms with Crippen molar-refractivity contribution < 1.29 is 9.59 Å². The van der Waals surface area contributed by atoms with Crippen molar-refractivity contribution in [3.63, 3.8) is 0 Å². The average molecular weight is 354 g/mol. The molecule has 0 unspecified atom stereocenters. The zero-order valence-electron chi connectivity index (χ0n) is 15.7.